The van der Waals surface area contributed by atoms with Crippen LogP contribution in [-0.2, 0) is 4.74 Å². The number of ether oxygens (including phenoxy) is 1. The summed E-state index contributed by atoms with van der Waals surface area (Å²) in [6, 6.07) is 1.89. The zero-order valence-corrected chi connectivity index (χ0v) is 13.0. The van der Waals surface area contributed by atoms with Crippen molar-refractivity contribution in [1.29, 1.82) is 0 Å². The van der Waals surface area contributed by atoms with Gasteiger partial charge in [-0.2, -0.15) is 0 Å². The Kier molecular flexibility index (Phi) is 4.37. The highest BCUT2D eigenvalue weighted by Crippen LogP contribution is 2.26. The maximum absolute atomic E-state index is 12.1. The van der Waals surface area contributed by atoms with E-state index < -0.39 is 5.97 Å². The van der Waals surface area contributed by atoms with Crippen LogP contribution in [0.2, 0.25) is 0 Å². The predicted molar refractivity (Wildman–Crippen MR) is 79.3 cm³/mol. The number of likely N-dealkylation sites (tertiary alicyclic amines) is 1. The van der Waals surface area contributed by atoms with Crippen molar-refractivity contribution in [2.24, 2.45) is 0 Å². The minimum atomic E-state index is -0.480. The Bertz CT molecular complexity index is 531. The molecule has 6 heteroatoms. The molecule has 1 atom stereocenters. The van der Waals surface area contributed by atoms with Gasteiger partial charge in [-0.3, -0.25) is 9.69 Å². The number of aromatic nitrogens is 1. The van der Waals surface area contributed by atoms with Crippen LogP contribution in [0.1, 0.15) is 48.0 Å². The molecule has 2 N–H and O–H groups in total. The number of hydrogen-bond donors (Lipinski definition) is 2. The van der Waals surface area contributed by atoms with E-state index in [9.17, 15) is 9.59 Å². The molecule has 2 heterocycles. The normalized spacial score (nSPS) is 19.0. The lowest BCUT2D eigenvalue weighted by molar-refractivity contribution is 0.00280. The summed E-state index contributed by atoms with van der Waals surface area (Å²) in [6.45, 7) is 8.22. The summed E-state index contributed by atoms with van der Waals surface area (Å²) in [5.41, 5.74) is 0.847. The molecule has 1 unspecified atom stereocenters. The number of esters is 1. The van der Waals surface area contributed by atoms with Crippen molar-refractivity contribution in [2.45, 2.75) is 38.8 Å². The van der Waals surface area contributed by atoms with Crippen LogP contribution in [0, 0.1) is 0 Å². The van der Waals surface area contributed by atoms with Gasteiger partial charge in [0.15, 0.2) is 0 Å². The van der Waals surface area contributed by atoms with Crippen LogP contribution in [0.5, 0.6) is 0 Å². The molecule has 0 saturated carbocycles. The summed E-state index contributed by atoms with van der Waals surface area (Å²) in [7, 11) is 1.31. The van der Waals surface area contributed by atoms with Gasteiger partial charge in [0.1, 0.15) is 5.69 Å². The number of aromatic amines is 1. The van der Waals surface area contributed by atoms with Crippen LogP contribution in [-0.4, -0.2) is 53.5 Å². The Balaban J connectivity index is 1.88. The Morgan fingerprint density at radius 1 is 1.48 bits per heavy atom. The van der Waals surface area contributed by atoms with Gasteiger partial charge in [-0.05, 0) is 33.3 Å². The highest BCUT2D eigenvalue weighted by atomic mass is 16.5. The van der Waals surface area contributed by atoms with E-state index in [1.165, 1.54) is 19.4 Å². The van der Waals surface area contributed by atoms with Crippen molar-refractivity contribution < 1.29 is 14.3 Å². The first-order chi connectivity index (χ1) is 9.82. The molecule has 0 aromatic carbocycles. The number of carbonyl (C=O) groups is 2. The van der Waals surface area contributed by atoms with Crippen LogP contribution in [0.3, 0.4) is 0 Å². The number of nitrogens with zero attached hydrogens (tertiary/aromatic N) is 1. The first-order valence-corrected chi connectivity index (χ1v) is 7.14. The van der Waals surface area contributed by atoms with E-state index in [-0.39, 0.29) is 17.1 Å². The molecule has 116 valence electrons. The number of carbonyl (C=O) groups excluding carboxylic acids is 2. The van der Waals surface area contributed by atoms with Gasteiger partial charge >= 0.3 is 5.97 Å². The molecular formula is C15H23N3O3. The molecule has 1 amide bonds. The topological polar surface area (TPSA) is 74.4 Å². The van der Waals surface area contributed by atoms with E-state index in [0.29, 0.717) is 18.2 Å². The molecule has 21 heavy (non-hydrogen) atoms. The van der Waals surface area contributed by atoms with E-state index in [4.69, 9.17) is 0 Å². The average molecular weight is 293 g/mol. The number of amides is 1. The Morgan fingerprint density at radius 2 is 2.19 bits per heavy atom. The Hall–Kier alpha value is -1.82. The zero-order chi connectivity index (χ0) is 15.6. The molecule has 0 radical (unpaired) electrons. The molecule has 0 spiro atoms. The maximum Gasteiger partial charge on any atom is 0.354 e. The highest BCUT2D eigenvalue weighted by molar-refractivity contribution is 5.97. The van der Waals surface area contributed by atoms with Gasteiger partial charge in [-0.1, -0.05) is 0 Å². The van der Waals surface area contributed by atoms with Crippen LogP contribution >= 0.6 is 0 Å². The van der Waals surface area contributed by atoms with Crippen molar-refractivity contribution in [3.63, 3.8) is 0 Å². The summed E-state index contributed by atoms with van der Waals surface area (Å²) >= 11 is 0. The van der Waals surface area contributed by atoms with Crippen LogP contribution < -0.4 is 5.32 Å². The van der Waals surface area contributed by atoms with Gasteiger partial charge in [0.2, 0.25) is 0 Å². The lowest BCUT2D eigenvalue weighted by atomic mass is 9.93. The predicted octanol–water partition coefficient (Wildman–Crippen LogP) is 1.40. The standard InChI is InChI=1S/C15H23N3O3/c1-15(2,3)18-6-5-11(18)9-17-13(19)10-7-12(16-8-10)14(20)21-4/h7-8,11,16H,5-6,9H2,1-4H3,(H,17,19). The number of nitrogens with one attached hydrogen (secondary N) is 2. The van der Waals surface area contributed by atoms with E-state index in [1.807, 2.05) is 0 Å². The highest BCUT2D eigenvalue weighted by Gasteiger charge is 2.35. The van der Waals surface area contributed by atoms with Gasteiger partial charge in [-0.15, -0.1) is 0 Å². The summed E-state index contributed by atoms with van der Waals surface area (Å²) in [5.74, 6) is -0.658. The molecule has 1 aromatic rings. The molecule has 0 aliphatic carbocycles. The largest absolute Gasteiger partial charge is 0.464 e. The lowest BCUT2D eigenvalue weighted by Gasteiger charge is -2.49. The maximum atomic E-state index is 12.1. The van der Waals surface area contributed by atoms with Gasteiger partial charge in [-0.25, -0.2) is 4.79 Å². The molecule has 1 fully saturated rings. The van der Waals surface area contributed by atoms with Crippen LogP contribution in [0.15, 0.2) is 12.3 Å². The second kappa shape index (κ2) is 5.89. The molecule has 2 rings (SSSR count). The van der Waals surface area contributed by atoms with Gasteiger partial charge in [0.25, 0.3) is 5.91 Å². The number of H-pyrrole nitrogens is 1. The van der Waals surface area contributed by atoms with E-state index >= 15 is 0 Å². The third-order valence-electron chi connectivity index (χ3n) is 3.85. The molecule has 1 aliphatic rings. The van der Waals surface area contributed by atoms with Crippen molar-refractivity contribution >= 4 is 11.9 Å². The fourth-order valence-electron chi connectivity index (χ4n) is 2.60. The molecule has 1 saturated heterocycles. The Morgan fingerprint density at radius 3 is 2.71 bits per heavy atom. The third kappa shape index (κ3) is 3.44. The third-order valence-corrected chi connectivity index (χ3v) is 3.85. The van der Waals surface area contributed by atoms with Crippen molar-refractivity contribution in [2.75, 3.05) is 20.2 Å². The van der Waals surface area contributed by atoms with Gasteiger partial charge in [0.05, 0.1) is 12.7 Å². The molecule has 1 aliphatic heterocycles. The van der Waals surface area contributed by atoms with Crippen molar-refractivity contribution in [3.8, 4) is 0 Å². The average Bonchev–Trinajstić information content (AvgIpc) is 2.84. The minimum absolute atomic E-state index is 0.125. The second-order valence-electron chi connectivity index (χ2n) is 6.31. The van der Waals surface area contributed by atoms with Crippen LogP contribution in [0.25, 0.3) is 0 Å². The summed E-state index contributed by atoms with van der Waals surface area (Å²) < 4.78 is 4.60. The van der Waals surface area contributed by atoms with Gasteiger partial charge < -0.3 is 15.0 Å². The SMILES string of the molecule is COC(=O)c1cc(C(=O)NCC2CCN2C(C)(C)C)c[nH]1. The minimum Gasteiger partial charge on any atom is -0.464 e. The second-order valence-corrected chi connectivity index (χ2v) is 6.31. The van der Waals surface area contributed by atoms with E-state index in [0.717, 1.165) is 13.0 Å². The van der Waals surface area contributed by atoms with Gasteiger partial charge in [0, 0.05) is 30.9 Å². The lowest BCUT2D eigenvalue weighted by Crippen LogP contribution is -2.60. The smallest absolute Gasteiger partial charge is 0.354 e. The van der Waals surface area contributed by atoms with E-state index in [2.05, 4.69) is 40.7 Å². The Labute approximate surface area is 124 Å². The quantitative estimate of drug-likeness (QED) is 0.823. The number of hydrogen-bond acceptors (Lipinski definition) is 4. The van der Waals surface area contributed by atoms with E-state index in [1.54, 1.807) is 0 Å². The number of rotatable bonds is 4. The van der Waals surface area contributed by atoms with Crippen molar-refractivity contribution in [1.82, 2.24) is 15.2 Å². The first kappa shape index (κ1) is 15.6. The number of methoxy groups -OCH3 is 1. The fraction of sp³-hybridized carbons (Fsp3) is 0.600. The van der Waals surface area contributed by atoms with Crippen molar-refractivity contribution in [3.05, 3.63) is 23.5 Å². The monoisotopic (exact) mass is 293 g/mol. The summed E-state index contributed by atoms with van der Waals surface area (Å²) in [5, 5.41) is 2.92. The first-order valence-electron chi connectivity index (χ1n) is 7.14. The zero-order valence-electron chi connectivity index (χ0n) is 13.0. The molecule has 0 bridgehead atoms. The molecular weight excluding hydrogens is 270 g/mol. The van der Waals surface area contributed by atoms with Crippen LogP contribution in [0.4, 0.5) is 0 Å². The molecule has 6 nitrogen and oxygen atoms in total. The summed E-state index contributed by atoms with van der Waals surface area (Å²) in [6.07, 6.45) is 2.61. The fourth-order valence-corrected chi connectivity index (χ4v) is 2.60. The molecule has 1 aromatic heterocycles. The summed E-state index contributed by atoms with van der Waals surface area (Å²) in [4.78, 5) is 28.5.